The SMILES string of the molecule is COc1ccc(S(=O)(=O)NC(CO)C(=O)NC2CCCCCCCCCCC2)cc1. The lowest BCUT2D eigenvalue weighted by molar-refractivity contribution is -0.124. The van der Waals surface area contributed by atoms with E-state index < -0.39 is 28.6 Å². The number of benzene rings is 1. The van der Waals surface area contributed by atoms with Crippen molar-refractivity contribution in [1.82, 2.24) is 10.0 Å². The van der Waals surface area contributed by atoms with Crippen LogP contribution in [0.1, 0.15) is 70.6 Å². The van der Waals surface area contributed by atoms with Gasteiger partial charge in [-0.15, -0.1) is 0 Å². The van der Waals surface area contributed by atoms with Crippen molar-refractivity contribution in [2.45, 2.75) is 87.6 Å². The zero-order chi connectivity index (χ0) is 21.8. The smallest absolute Gasteiger partial charge is 0.241 e. The van der Waals surface area contributed by atoms with E-state index in [-0.39, 0.29) is 10.9 Å². The highest BCUT2D eigenvalue weighted by Gasteiger charge is 2.26. The molecule has 0 saturated heterocycles. The predicted molar refractivity (Wildman–Crippen MR) is 117 cm³/mol. The highest BCUT2D eigenvalue weighted by atomic mass is 32.2. The lowest BCUT2D eigenvalue weighted by atomic mass is 9.98. The summed E-state index contributed by atoms with van der Waals surface area (Å²) in [5.41, 5.74) is 0. The summed E-state index contributed by atoms with van der Waals surface area (Å²) >= 11 is 0. The van der Waals surface area contributed by atoms with Gasteiger partial charge in [0.05, 0.1) is 18.6 Å². The molecular formula is C22H36N2O5S. The number of nitrogens with one attached hydrogen (secondary N) is 2. The van der Waals surface area contributed by atoms with E-state index in [9.17, 15) is 18.3 Å². The third-order valence-electron chi connectivity index (χ3n) is 5.62. The molecule has 0 heterocycles. The Kier molecular flexibility index (Phi) is 10.6. The van der Waals surface area contributed by atoms with E-state index in [0.717, 1.165) is 38.5 Å². The predicted octanol–water partition coefficient (Wildman–Crippen LogP) is 3.12. The highest BCUT2D eigenvalue weighted by molar-refractivity contribution is 7.89. The quantitative estimate of drug-likeness (QED) is 0.604. The average molecular weight is 441 g/mol. The molecule has 3 N–H and O–H groups in total. The minimum Gasteiger partial charge on any atom is -0.497 e. The van der Waals surface area contributed by atoms with Gasteiger partial charge >= 0.3 is 0 Å². The third kappa shape index (κ3) is 8.24. The summed E-state index contributed by atoms with van der Waals surface area (Å²) in [6.45, 7) is -0.603. The van der Waals surface area contributed by atoms with Crippen LogP contribution in [0.4, 0.5) is 0 Å². The fourth-order valence-electron chi connectivity index (χ4n) is 3.79. The zero-order valence-corrected chi connectivity index (χ0v) is 18.8. The van der Waals surface area contributed by atoms with Crippen molar-refractivity contribution in [2.75, 3.05) is 13.7 Å². The number of aliphatic hydroxyl groups excluding tert-OH is 1. The molecule has 0 aromatic heterocycles. The van der Waals surface area contributed by atoms with Crippen LogP contribution in [-0.2, 0) is 14.8 Å². The van der Waals surface area contributed by atoms with E-state index in [1.165, 1.54) is 63.5 Å². The molecule has 1 atom stereocenters. The maximum Gasteiger partial charge on any atom is 0.241 e. The molecule has 0 aliphatic heterocycles. The van der Waals surface area contributed by atoms with Crippen LogP contribution >= 0.6 is 0 Å². The molecule has 30 heavy (non-hydrogen) atoms. The molecule has 1 saturated carbocycles. The first kappa shape index (κ1) is 24.6. The van der Waals surface area contributed by atoms with E-state index in [4.69, 9.17) is 4.74 Å². The van der Waals surface area contributed by atoms with Gasteiger partial charge in [0, 0.05) is 6.04 Å². The molecule has 8 heteroatoms. The number of rotatable bonds is 7. The van der Waals surface area contributed by atoms with Crippen LogP contribution in [-0.4, -0.2) is 45.2 Å². The summed E-state index contributed by atoms with van der Waals surface area (Å²) in [7, 11) is -2.44. The summed E-state index contributed by atoms with van der Waals surface area (Å²) in [4.78, 5) is 12.7. The van der Waals surface area contributed by atoms with Gasteiger partial charge in [0.25, 0.3) is 0 Å². The standard InChI is InChI=1S/C22H36N2O5S/c1-29-19-13-15-20(16-14-19)30(27,28)24-21(17-25)22(26)23-18-11-9-7-5-3-2-4-6-8-10-12-18/h13-16,18,21,24-25H,2-12,17H2,1H3,(H,23,26). The Labute approximate surface area is 180 Å². The number of methoxy groups -OCH3 is 1. The van der Waals surface area contributed by atoms with Crippen LogP contribution in [0, 0.1) is 0 Å². The van der Waals surface area contributed by atoms with Crippen molar-refractivity contribution >= 4 is 15.9 Å². The van der Waals surface area contributed by atoms with E-state index >= 15 is 0 Å². The summed E-state index contributed by atoms with van der Waals surface area (Å²) in [5, 5.41) is 12.6. The molecule has 0 bridgehead atoms. The van der Waals surface area contributed by atoms with Gasteiger partial charge in [0.15, 0.2) is 0 Å². The van der Waals surface area contributed by atoms with Crippen molar-refractivity contribution in [3.63, 3.8) is 0 Å². The number of ether oxygens (including phenoxy) is 1. The van der Waals surface area contributed by atoms with Gasteiger partial charge in [-0.05, 0) is 37.1 Å². The third-order valence-corrected chi connectivity index (χ3v) is 7.11. The highest BCUT2D eigenvalue weighted by Crippen LogP contribution is 2.18. The van der Waals surface area contributed by atoms with Crippen LogP contribution in [0.5, 0.6) is 5.75 Å². The van der Waals surface area contributed by atoms with Gasteiger partial charge in [-0.2, -0.15) is 4.72 Å². The Balaban J connectivity index is 1.96. The van der Waals surface area contributed by atoms with Gasteiger partial charge < -0.3 is 15.2 Å². The van der Waals surface area contributed by atoms with Crippen molar-refractivity contribution < 1.29 is 23.1 Å². The summed E-state index contributed by atoms with van der Waals surface area (Å²) in [6, 6.07) is 4.66. The zero-order valence-electron chi connectivity index (χ0n) is 17.9. The molecule has 0 spiro atoms. The number of aliphatic hydroxyl groups is 1. The van der Waals surface area contributed by atoms with Gasteiger partial charge in [-0.25, -0.2) is 8.42 Å². The summed E-state index contributed by atoms with van der Waals surface area (Å²) < 4.78 is 32.6. The van der Waals surface area contributed by atoms with E-state index in [0.29, 0.717) is 5.75 Å². The monoisotopic (exact) mass is 440 g/mol. The van der Waals surface area contributed by atoms with Gasteiger partial charge in [0.2, 0.25) is 15.9 Å². The van der Waals surface area contributed by atoms with Crippen LogP contribution in [0.15, 0.2) is 29.2 Å². The Morgan fingerprint density at radius 1 is 1.00 bits per heavy atom. The molecule has 1 aliphatic carbocycles. The number of amides is 1. The molecule has 1 aromatic carbocycles. The first-order chi connectivity index (χ1) is 14.5. The number of sulfonamides is 1. The van der Waals surface area contributed by atoms with Crippen LogP contribution < -0.4 is 14.8 Å². The molecule has 2 rings (SSSR count). The van der Waals surface area contributed by atoms with Crippen LogP contribution in [0.25, 0.3) is 0 Å². The maximum absolute atomic E-state index is 12.7. The number of carbonyl (C=O) groups excluding carboxylic acids is 1. The maximum atomic E-state index is 12.7. The molecule has 1 amide bonds. The van der Waals surface area contributed by atoms with Gasteiger partial charge in [0.1, 0.15) is 11.8 Å². The molecule has 1 aromatic rings. The molecule has 170 valence electrons. The topological polar surface area (TPSA) is 105 Å². The number of carbonyl (C=O) groups is 1. The average Bonchev–Trinajstić information content (AvgIpc) is 2.74. The fraction of sp³-hybridized carbons (Fsp3) is 0.682. The Morgan fingerprint density at radius 2 is 1.50 bits per heavy atom. The van der Waals surface area contributed by atoms with E-state index in [1.807, 2.05) is 0 Å². The first-order valence-corrected chi connectivity index (χ1v) is 12.5. The second-order valence-electron chi connectivity index (χ2n) is 8.00. The van der Waals surface area contributed by atoms with Crippen molar-refractivity contribution in [2.24, 2.45) is 0 Å². The second kappa shape index (κ2) is 12.9. The normalized spacial score (nSPS) is 18.6. The van der Waals surface area contributed by atoms with Gasteiger partial charge in [-0.1, -0.05) is 57.8 Å². The number of hydrogen-bond acceptors (Lipinski definition) is 5. The van der Waals surface area contributed by atoms with Crippen molar-refractivity contribution in [1.29, 1.82) is 0 Å². The van der Waals surface area contributed by atoms with Crippen molar-refractivity contribution in [3.05, 3.63) is 24.3 Å². The molecule has 1 unspecified atom stereocenters. The van der Waals surface area contributed by atoms with E-state index in [1.54, 1.807) is 0 Å². The minimum absolute atomic E-state index is 0.0106. The van der Waals surface area contributed by atoms with Gasteiger partial charge in [-0.3, -0.25) is 4.79 Å². The molecule has 0 radical (unpaired) electrons. The van der Waals surface area contributed by atoms with E-state index in [2.05, 4.69) is 10.0 Å². The molecular weight excluding hydrogens is 404 g/mol. The molecule has 1 fully saturated rings. The Bertz CT molecular complexity index is 724. The molecule has 1 aliphatic rings. The lowest BCUT2D eigenvalue weighted by Crippen LogP contribution is -2.51. The second-order valence-corrected chi connectivity index (χ2v) is 9.71. The number of hydrogen-bond donors (Lipinski definition) is 3. The fourth-order valence-corrected chi connectivity index (χ4v) is 4.98. The van der Waals surface area contributed by atoms with Crippen molar-refractivity contribution in [3.8, 4) is 5.75 Å². The summed E-state index contributed by atoms with van der Waals surface area (Å²) in [6.07, 6.45) is 12.5. The molecule has 7 nitrogen and oxygen atoms in total. The van der Waals surface area contributed by atoms with Crippen LogP contribution in [0.2, 0.25) is 0 Å². The van der Waals surface area contributed by atoms with Crippen LogP contribution in [0.3, 0.4) is 0 Å². The first-order valence-electron chi connectivity index (χ1n) is 11.0. The lowest BCUT2D eigenvalue weighted by Gasteiger charge is -2.23. The Morgan fingerprint density at radius 3 is 1.97 bits per heavy atom. The summed E-state index contributed by atoms with van der Waals surface area (Å²) in [5.74, 6) is 0.0552. The largest absolute Gasteiger partial charge is 0.497 e. The Hall–Kier alpha value is -1.64. The minimum atomic E-state index is -3.94.